The molecule has 1 aliphatic rings. The van der Waals surface area contributed by atoms with Crippen molar-refractivity contribution in [2.75, 3.05) is 33.7 Å². The summed E-state index contributed by atoms with van der Waals surface area (Å²) in [6.07, 6.45) is 6.52. The van der Waals surface area contributed by atoms with Crippen LogP contribution in [0.4, 0.5) is 0 Å². The first-order valence-corrected chi connectivity index (χ1v) is 8.17. The maximum atomic E-state index is 3.92. The van der Waals surface area contributed by atoms with E-state index in [1.165, 1.54) is 51.7 Å². The molecular formula is C16H35N3. The van der Waals surface area contributed by atoms with E-state index in [2.05, 4.69) is 50.0 Å². The lowest BCUT2D eigenvalue weighted by atomic mass is 10.0. The van der Waals surface area contributed by atoms with E-state index in [0.29, 0.717) is 12.1 Å². The predicted molar refractivity (Wildman–Crippen MR) is 84.7 cm³/mol. The number of hydrogen-bond acceptors (Lipinski definition) is 3. The lowest BCUT2D eigenvalue weighted by molar-refractivity contribution is 0.207. The van der Waals surface area contributed by atoms with Gasteiger partial charge in [-0.15, -0.1) is 0 Å². The topological polar surface area (TPSA) is 18.5 Å². The van der Waals surface area contributed by atoms with Crippen molar-refractivity contribution in [3.8, 4) is 0 Å². The fourth-order valence-electron chi connectivity index (χ4n) is 2.79. The minimum Gasteiger partial charge on any atom is -0.311 e. The molecule has 0 amide bonds. The lowest BCUT2D eigenvalue weighted by Crippen LogP contribution is -2.46. The minimum atomic E-state index is 0.658. The van der Waals surface area contributed by atoms with Crippen molar-refractivity contribution < 1.29 is 0 Å². The third-order valence-electron chi connectivity index (χ3n) is 4.54. The fourth-order valence-corrected chi connectivity index (χ4v) is 2.79. The van der Waals surface area contributed by atoms with E-state index in [4.69, 9.17) is 0 Å². The molecule has 1 unspecified atom stereocenters. The van der Waals surface area contributed by atoms with Gasteiger partial charge in [-0.2, -0.15) is 0 Å². The van der Waals surface area contributed by atoms with Crippen LogP contribution in [0.25, 0.3) is 0 Å². The van der Waals surface area contributed by atoms with E-state index in [0.717, 1.165) is 6.04 Å². The van der Waals surface area contributed by atoms with Crippen LogP contribution < -0.4 is 5.32 Å². The molecular weight excluding hydrogens is 234 g/mol. The van der Waals surface area contributed by atoms with Gasteiger partial charge in [0.2, 0.25) is 0 Å². The number of hydrogen-bond donors (Lipinski definition) is 1. The van der Waals surface area contributed by atoms with E-state index in [-0.39, 0.29) is 0 Å². The van der Waals surface area contributed by atoms with Gasteiger partial charge in [-0.05, 0) is 73.3 Å². The Hall–Kier alpha value is -0.120. The molecule has 1 atom stereocenters. The average Bonchev–Trinajstić information content (AvgIpc) is 2.38. The summed E-state index contributed by atoms with van der Waals surface area (Å²) in [4.78, 5) is 4.90. The second kappa shape index (κ2) is 8.93. The highest BCUT2D eigenvalue weighted by Gasteiger charge is 2.20. The van der Waals surface area contributed by atoms with E-state index >= 15 is 0 Å². The zero-order valence-electron chi connectivity index (χ0n) is 13.8. The Morgan fingerprint density at radius 3 is 2.37 bits per heavy atom. The van der Waals surface area contributed by atoms with E-state index < -0.39 is 0 Å². The fraction of sp³-hybridized carbons (Fsp3) is 1.00. The molecule has 1 aliphatic heterocycles. The van der Waals surface area contributed by atoms with Gasteiger partial charge in [0.1, 0.15) is 0 Å². The molecule has 3 nitrogen and oxygen atoms in total. The predicted octanol–water partition coefficient (Wildman–Crippen LogP) is 2.57. The van der Waals surface area contributed by atoms with Gasteiger partial charge >= 0.3 is 0 Å². The summed E-state index contributed by atoms with van der Waals surface area (Å²) >= 11 is 0. The van der Waals surface area contributed by atoms with Crippen molar-refractivity contribution in [2.45, 2.75) is 71.0 Å². The zero-order valence-corrected chi connectivity index (χ0v) is 13.8. The number of nitrogens with one attached hydrogen (secondary N) is 1. The maximum absolute atomic E-state index is 3.92. The van der Waals surface area contributed by atoms with Crippen LogP contribution in [-0.4, -0.2) is 61.7 Å². The van der Waals surface area contributed by atoms with Crippen molar-refractivity contribution in [2.24, 2.45) is 0 Å². The quantitative estimate of drug-likeness (QED) is 0.730. The highest BCUT2D eigenvalue weighted by molar-refractivity contribution is 4.80. The first-order chi connectivity index (χ1) is 9.02. The highest BCUT2D eigenvalue weighted by Crippen LogP contribution is 2.12. The lowest BCUT2D eigenvalue weighted by Gasteiger charge is -2.33. The Labute approximate surface area is 120 Å². The highest BCUT2D eigenvalue weighted by atomic mass is 15.1. The van der Waals surface area contributed by atoms with Crippen LogP contribution in [0.1, 0.15) is 52.9 Å². The van der Waals surface area contributed by atoms with Gasteiger partial charge in [-0.1, -0.05) is 13.3 Å². The van der Waals surface area contributed by atoms with Crippen LogP contribution in [0.2, 0.25) is 0 Å². The smallest absolute Gasteiger partial charge is 0.00940 e. The van der Waals surface area contributed by atoms with E-state index in [9.17, 15) is 0 Å². The van der Waals surface area contributed by atoms with Crippen molar-refractivity contribution >= 4 is 0 Å². The van der Waals surface area contributed by atoms with Gasteiger partial charge in [-0.3, -0.25) is 0 Å². The summed E-state index contributed by atoms with van der Waals surface area (Å²) in [5.74, 6) is 0. The number of nitrogens with zero attached hydrogens (tertiary/aromatic N) is 2. The van der Waals surface area contributed by atoms with Gasteiger partial charge in [0.25, 0.3) is 0 Å². The second-order valence-electron chi connectivity index (χ2n) is 6.59. The Morgan fingerprint density at radius 1 is 1.21 bits per heavy atom. The van der Waals surface area contributed by atoms with Crippen LogP contribution in [0.3, 0.4) is 0 Å². The van der Waals surface area contributed by atoms with Crippen LogP contribution in [-0.2, 0) is 0 Å². The molecule has 19 heavy (non-hydrogen) atoms. The molecule has 0 aromatic carbocycles. The monoisotopic (exact) mass is 269 g/mol. The molecule has 1 rings (SSSR count). The van der Waals surface area contributed by atoms with Crippen molar-refractivity contribution in [1.29, 1.82) is 0 Å². The first kappa shape index (κ1) is 16.9. The Bertz CT molecular complexity index is 222. The minimum absolute atomic E-state index is 0.658. The number of rotatable bonds is 8. The third kappa shape index (κ3) is 6.73. The molecule has 1 fully saturated rings. The Balaban J connectivity index is 2.31. The van der Waals surface area contributed by atoms with Crippen molar-refractivity contribution in [1.82, 2.24) is 15.1 Å². The molecule has 1 N–H and O–H groups in total. The largest absolute Gasteiger partial charge is 0.311 e. The van der Waals surface area contributed by atoms with Gasteiger partial charge in [-0.25, -0.2) is 0 Å². The summed E-state index contributed by atoms with van der Waals surface area (Å²) in [6.45, 7) is 10.6. The van der Waals surface area contributed by atoms with E-state index in [1.54, 1.807) is 0 Å². The molecule has 0 aromatic rings. The van der Waals surface area contributed by atoms with Crippen LogP contribution in [0.5, 0.6) is 0 Å². The Morgan fingerprint density at radius 2 is 1.84 bits per heavy atom. The summed E-state index contributed by atoms with van der Waals surface area (Å²) in [6, 6.07) is 2.11. The van der Waals surface area contributed by atoms with Crippen molar-refractivity contribution in [3.05, 3.63) is 0 Å². The maximum Gasteiger partial charge on any atom is 0.00940 e. The van der Waals surface area contributed by atoms with E-state index in [1.807, 2.05) is 0 Å². The Kier molecular flexibility index (Phi) is 7.96. The molecule has 0 saturated carbocycles. The van der Waals surface area contributed by atoms with Crippen LogP contribution in [0.15, 0.2) is 0 Å². The summed E-state index contributed by atoms with van der Waals surface area (Å²) in [7, 11) is 4.47. The van der Waals surface area contributed by atoms with Crippen LogP contribution in [0, 0.1) is 0 Å². The summed E-state index contributed by atoms with van der Waals surface area (Å²) < 4.78 is 0. The normalized spacial score (nSPS) is 20.4. The molecule has 114 valence electrons. The molecule has 0 aliphatic carbocycles. The molecule has 1 saturated heterocycles. The van der Waals surface area contributed by atoms with Crippen molar-refractivity contribution in [3.63, 3.8) is 0 Å². The average molecular weight is 269 g/mol. The zero-order chi connectivity index (χ0) is 14.3. The number of likely N-dealkylation sites (tertiary alicyclic amines) is 1. The van der Waals surface area contributed by atoms with Gasteiger partial charge in [0.15, 0.2) is 0 Å². The first-order valence-electron chi connectivity index (χ1n) is 8.17. The molecule has 1 heterocycles. The van der Waals surface area contributed by atoms with Gasteiger partial charge in [0.05, 0.1) is 0 Å². The summed E-state index contributed by atoms with van der Waals surface area (Å²) in [5.41, 5.74) is 0. The van der Waals surface area contributed by atoms with Crippen LogP contribution >= 0.6 is 0 Å². The standard InChI is InChI=1S/C16H35N3/c1-6-7-15(10-13-19(5)14(2)3)17-16-8-11-18(4)12-9-16/h14-17H,6-13H2,1-5H3. The molecule has 3 heteroatoms. The van der Waals surface area contributed by atoms with Gasteiger partial charge in [0, 0.05) is 18.1 Å². The SMILES string of the molecule is CCCC(CCN(C)C(C)C)NC1CCN(C)CC1. The number of piperidine rings is 1. The van der Waals surface area contributed by atoms with Gasteiger partial charge < -0.3 is 15.1 Å². The molecule has 0 bridgehead atoms. The molecule has 0 aromatic heterocycles. The molecule has 0 radical (unpaired) electrons. The third-order valence-corrected chi connectivity index (χ3v) is 4.54. The summed E-state index contributed by atoms with van der Waals surface area (Å²) in [5, 5.41) is 3.92. The molecule has 0 spiro atoms. The second-order valence-corrected chi connectivity index (χ2v) is 6.59.